The second-order valence-electron chi connectivity index (χ2n) is 7.01. The largest absolute Gasteiger partial charge is 0.444 e. The normalized spacial score (nSPS) is 17.5. The van der Waals surface area contributed by atoms with Crippen LogP contribution in [0.5, 0.6) is 0 Å². The van der Waals surface area contributed by atoms with Crippen molar-refractivity contribution in [1.82, 2.24) is 19.7 Å². The van der Waals surface area contributed by atoms with Gasteiger partial charge in [0.05, 0.1) is 12.6 Å². The van der Waals surface area contributed by atoms with E-state index in [4.69, 9.17) is 4.74 Å². The molecule has 0 saturated heterocycles. The lowest BCUT2D eigenvalue weighted by Gasteiger charge is -2.35. The van der Waals surface area contributed by atoms with Crippen LogP contribution in [0.4, 0.5) is 9.18 Å². The lowest BCUT2D eigenvalue weighted by molar-refractivity contribution is 0.00942. The summed E-state index contributed by atoms with van der Waals surface area (Å²) in [5.41, 5.74) is 0.259. The Hall–Kier alpha value is -2.44. The second kappa shape index (κ2) is 5.89. The van der Waals surface area contributed by atoms with Gasteiger partial charge in [-0.15, -0.1) is 10.2 Å². The minimum absolute atomic E-state index is 0.0532. The van der Waals surface area contributed by atoms with Gasteiger partial charge >= 0.3 is 6.09 Å². The molecule has 0 saturated carbocycles. The number of aromatic nitrogens is 3. The molecule has 0 spiro atoms. The highest BCUT2D eigenvalue weighted by Crippen LogP contribution is 2.25. The fourth-order valence-corrected chi connectivity index (χ4v) is 2.69. The van der Waals surface area contributed by atoms with Gasteiger partial charge < -0.3 is 9.30 Å². The Labute approximate surface area is 140 Å². The number of hydrogen-bond donors (Lipinski definition) is 0. The van der Waals surface area contributed by atoms with Crippen LogP contribution < -0.4 is 0 Å². The molecule has 1 aromatic heterocycles. The number of amides is 1. The first-order chi connectivity index (χ1) is 11.2. The summed E-state index contributed by atoms with van der Waals surface area (Å²) in [5.74, 6) is 1.08. The van der Waals surface area contributed by atoms with Crippen LogP contribution in [0.2, 0.25) is 0 Å². The SMILES string of the molecule is C[C@H]1Cn2c(nnc2-c2ccc(F)cc2)CN1C(=O)OC(C)(C)C. The first-order valence-corrected chi connectivity index (χ1v) is 7.92. The van der Waals surface area contributed by atoms with Crippen LogP contribution in [0.25, 0.3) is 11.4 Å². The van der Waals surface area contributed by atoms with Crippen molar-refractivity contribution in [2.45, 2.75) is 52.4 Å². The summed E-state index contributed by atoms with van der Waals surface area (Å²) in [4.78, 5) is 14.0. The van der Waals surface area contributed by atoms with Crippen LogP contribution >= 0.6 is 0 Å². The Morgan fingerprint density at radius 2 is 1.92 bits per heavy atom. The summed E-state index contributed by atoms with van der Waals surface area (Å²) in [6, 6.07) is 6.10. The molecule has 0 unspecified atom stereocenters. The molecule has 24 heavy (non-hydrogen) atoms. The number of rotatable bonds is 1. The molecule has 0 fully saturated rings. The predicted molar refractivity (Wildman–Crippen MR) is 86.7 cm³/mol. The van der Waals surface area contributed by atoms with E-state index in [-0.39, 0.29) is 18.0 Å². The number of hydrogen-bond acceptors (Lipinski definition) is 4. The number of nitrogens with zero attached hydrogens (tertiary/aromatic N) is 4. The average Bonchev–Trinajstić information content (AvgIpc) is 2.88. The van der Waals surface area contributed by atoms with Crippen LogP contribution in [0, 0.1) is 5.82 Å². The Balaban J connectivity index is 1.85. The number of carbonyl (C=O) groups is 1. The molecule has 0 N–H and O–H groups in total. The Kier molecular flexibility index (Phi) is 4.03. The van der Waals surface area contributed by atoms with Crippen LogP contribution in [0.1, 0.15) is 33.5 Å². The zero-order valence-corrected chi connectivity index (χ0v) is 14.3. The number of fused-ring (bicyclic) bond motifs is 1. The first kappa shape index (κ1) is 16.4. The Bertz CT molecular complexity index is 749. The maximum atomic E-state index is 13.1. The van der Waals surface area contributed by atoms with Crippen molar-refractivity contribution in [3.63, 3.8) is 0 Å². The highest BCUT2D eigenvalue weighted by Gasteiger charge is 2.32. The maximum Gasteiger partial charge on any atom is 0.411 e. The van der Waals surface area contributed by atoms with Crippen molar-refractivity contribution in [3.8, 4) is 11.4 Å². The van der Waals surface area contributed by atoms with E-state index < -0.39 is 5.60 Å². The molecule has 1 aromatic carbocycles. The lowest BCUT2D eigenvalue weighted by atomic mass is 10.1. The molecule has 2 aromatic rings. The molecule has 0 radical (unpaired) electrons. The van der Waals surface area contributed by atoms with E-state index in [1.54, 1.807) is 17.0 Å². The van der Waals surface area contributed by atoms with Gasteiger partial charge in [0.25, 0.3) is 0 Å². The van der Waals surface area contributed by atoms with E-state index in [1.807, 2.05) is 32.3 Å². The average molecular weight is 332 g/mol. The molecule has 0 aliphatic carbocycles. The molecular weight excluding hydrogens is 311 g/mol. The van der Waals surface area contributed by atoms with Crippen molar-refractivity contribution < 1.29 is 13.9 Å². The Morgan fingerprint density at radius 1 is 1.25 bits per heavy atom. The summed E-state index contributed by atoms with van der Waals surface area (Å²) in [6.07, 6.45) is -0.354. The van der Waals surface area contributed by atoms with Gasteiger partial charge in [0, 0.05) is 12.1 Å². The second-order valence-corrected chi connectivity index (χ2v) is 7.01. The van der Waals surface area contributed by atoms with Crippen LogP contribution in [-0.4, -0.2) is 37.4 Å². The molecule has 0 bridgehead atoms. The van der Waals surface area contributed by atoms with Gasteiger partial charge in [-0.25, -0.2) is 9.18 Å². The zero-order chi connectivity index (χ0) is 17.5. The van der Waals surface area contributed by atoms with E-state index in [0.717, 1.165) is 5.56 Å². The maximum absolute atomic E-state index is 13.1. The van der Waals surface area contributed by atoms with Gasteiger partial charge in [-0.05, 0) is 52.0 Å². The molecule has 1 atom stereocenters. The topological polar surface area (TPSA) is 60.2 Å². The summed E-state index contributed by atoms with van der Waals surface area (Å²) in [7, 11) is 0. The van der Waals surface area contributed by atoms with Crippen molar-refractivity contribution in [2.24, 2.45) is 0 Å². The number of halogens is 1. The van der Waals surface area contributed by atoms with Gasteiger partial charge in [-0.1, -0.05) is 0 Å². The smallest absolute Gasteiger partial charge is 0.411 e. The molecule has 2 heterocycles. The minimum Gasteiger partial charge on any atom is -0.444 e. The van der Waals surface area contributed by atoms with E-state index in [0.29, 0.717) is 24.7 Å². The molecule has 6 nitrogen and oxygen atoms in total. The number of ether oxygens (including phenoxy) is 1. The molecule has 1 amide bonds. The molecule has 3 rings (SSSR count). The molecule has 128 valence electrons. The minimum atomic E-state index is -0.540. The van der Waals surface area contributed by atoms with Crippen molar-refractivity contribution >= 4 is 6.09 Å². The summed E-state index contributed by atoms with van der Waals surface area (Å²) in [6.45, 7) is 8.39. The Morgan fingerprint density at radius 3 is 2.54 bits per heavy atom. The highest BCUT2D eigenvalue weighted by atomic mass is 19.1. The van der Waals surface area contributed by atoms with Crippen LogP contribution in [0.15, 0.2) is 24.3 Å². The zero-order valence-electron chi connectivity index (χ0n) is 14.3. The van der Waals surface area contributed by atoms with Gasteiger partial charge in [-0.3, -0.25) is 4.90 Å². The fourth-order valence-electron chi connectivity index (χ4n) is 2.69. The standard InChI is InChI=1S/C17H21FN4O2/c1-11-9-22-14(10-21(11)16(23)24-17(2,3)4)19-20-15(22)12-5-7-13(18)8-6-12/h5-8,11H,9-10H2,1-4H3/t11-/m0/s1. The summed E-state index contributed by atoms with van der Waals surface area (Å²) >= 11 is 0. The molecular formula is C17H21FN4O2. The molecule has 1 aliphatic rings. The number of benzene rings is 1. The van der Waals surface area contributed by atoms with Gasteiger partial charge in [0.15, 0.2) is 11.6 Å². The predicted octanol–water partition coefficient (Wildman–Crippen LogP) is 3.22. The summed E-state index contributed by atoms with van der Waals surface area (Å²) in [5, 5.41) is 8.40. The third kappa shape index (κ3) is 3.25. The molecule has 7 heteroatoms. The first-order valence-electron chi connectivity index (χ1n) is 7.92. The monoisotopic (exact) mass is 332 g/mol. The van der Waals surface area contributed by atoms with E-state index in [9.17, 15) is 9.18 Å². The van der Waals surface area contributed by atoms with E-state index in [1.165, 1.54) is 12.1 Å². The van der Waals surface area contributed by atoms with Gasteiger partial charge in [0.1, 0.15) is 11.4 Å². The fraction of sp³-hybridized carbons (Fsp3) is 0.471. The van der Waals surface area contributed by atoms with Crippen molar-refractivity contribution in [1.29, 1.82) is 0 Å². The van der Waals surface area contributed by atoms with Gasteiger partial charge in [0.2, 0.25) is 0 Å². The van der Waals surface area contributed by atoms with Crippen LogP contribution in [0.3, 0.4) is 0 Å². The van der Waals surface area contributed by atoms with Crippen molar-refractivity contribution in [2.75, 3.05) is 0 Å². The van der Waals surface area contributed by atoms with Crippen molar-refractivity contribution in [3.05, 3.63) is 35.9 Å². The quantitative estimate of drug-likeness (QED) is 0.804. The lowest BCUT2D eigenvalue weighted by Crippen LogP contribution is -2.47. The van der Waals surface area contributed by atoms with E-state index in [2.05, 4.69) is 10.2 Å². The number of carbonyl (C=O) groups excluding carboxylic acids is 1. The summed E-state index contributed by atoms with van der Waals surface area (Å²) < 4.78 is 20.5. The van der Waals surface area contributed by atoms with E-state index >= 15 is 0 Å². The third-order valence-electron chi connectivity index (χ3n) is 3.85. The van der Waals surface area contributed by atoms with Crippen LogP contribution in [-0.2, 0) is 17.8 Å². The third-order valence-corrected chi connectivity index (χ3v) is 3.85. The highest BCUT2D eigenvalue weighted by molar-refractivity contribution is 5.68. The van der Waals surface area contributed by atoms with Gasteiger partial charge in [-0.2, -0.15) is 0 Å². The molecule has 1 aliphatic heterocycles.